The Morgan fingerprint density at radius 3 is 0.748 bits per heavy atom. The summed E-state index contributed by atoms with van der Waals surface area (Å²) in [5.41, 5.74) is 13.7. The summed E-state index contributed by atoms with van der Waals surface area (Å²) in [6, 6.07) is 40.3. The van der Waals surface area contributed by atoms with Crippen LogP contribution in [0.2, 0.25) is 0 Å². The number of hydrogen-bond acceptors (Lipinski definition) is 9. The molecule has 0 bridgehead atoms. The minimum atomic E-state index is -1.83. The molecule has 644 valence electrons. The van der Waals surface area contributed by atoms with E-state index in [9.17, 15) is 0 Å². The lowest BCUT2D eigenvalue weighted by molar-refractivity contribution is 0.256. The van der Waals surface area contributed by atoms with Gasteiger partial charge in [0.2, 0.25) is 0 Å². The predicted octanol–water partition coefficient (Wildman–Crippen LogP) is 34.7. The Labute approximate surface area is 708 Å². The Kier molecular flexibility index (Phi) is 47.6. The summed E-state index contributed by atoms with van der Waals surface area (Å²) in [7, 11) is -5.46. The van der Waals surface area contributed by atoms with Gasteiger partial charge in [-0.15, -0.1) is 0 Å². The molecule has 4 unspecified atom stereocenters. The van der Waals surface area contributed by atoms with Gasteiger partial charge in [0.1, 0.15) is 34.5 Å². The van der Waals surface area contributed by atoms with E-state index in [4.69, 9.17) is 40.7 Å². The van der Waals surface area contributed by atoms with Crippen LogP contribution in [0.1, 0.15) is 427 Å². The molecule has 0 saturated carbocycles. The first kappa shape index (κ1) is 99.1. The molecule has 6 aromatic rings. The van der Waals surface area contributed by atoms with Gasteiger partial charge in [-0.1, -0.05) is 358 Å². The average Bonchev–Trinajstić information content (AvgIpc) is 0.758. The zero-order valence-corrected chi connectivity index (χ0v) is 79.2. The molecule has 0 aromatic heterocycles. The molecule has 12 heteroatoms. The summed E-state index contributed by atoms with van der Waals surface area (Å²) in [5.74, 6) is 4.73. The highest BCUT2D eigenvalue weighted by Crippen LogP contribution is 2.53. The highest BCUT2D eigenvalue weighted by atomic mass is 31.2. The second kappa shape index (κ2) is 55.3. The maximum absolute atomic E-state index is 7.27. The lowest BCUT2D eigenvalue weighted by Crippen LogP contribution is -2.19. The van der Waals surface area contributed by atoms with E-state index in [1.807, 2.05) is 0 Å². The predicted molar refractivity (Wildman–Crippen MR) is 498 cm³/mol. The van der Waals surface area contributed by atoms with Crippen LogP contribution in [0.25, 0.3) is 0 Å². The van der Waals surface area contributed by atoms with Gasteiger partial charge in [-0.3, -0.25) is 13.6 Å². The molecule has 0 amide bonds. The SMILES string of the molecule is CCCCCCCCOP(Oc1ccc(CCCCCCCC)cc1)Oc1cc(C)c(C(C)CC(c2cc(C(C)(C)C)c(OP(OCCCCCCCC)Oc3ccc(CCCCCCCC)cc3)cc2C)c2cc(C(C)(C)C)c(OP(OCCCCCCCC)Oc3ccc(CCCCCCCC)cc3)cc2C)cc1C(C)(C)C. The highest BCUT2D eigenvalue weighted by molar-refractivity contribution is 7.43. The molecule has 0 spiro atoms. The molecule has 9 nitrogen and oxygen atoms in total. The molecule has 0 fully saturated rings. The van der Waals surface area contributed by atoms with Crippen molar-refractivity contribution < 1.29 is 40.7 Å². The van der Waals surface area contributed by atoms with Crippen LogP contribution in [0.4, 0.5) is 0 Å². The second-order valence-corrected chi connectivity index (χ2v) is 39.8. The lowest BCUT2D eigenvalue weighted by atomic mass is 9.74. The average molecular weight is 1640 g/mol. The molecule has 0 heterocycles. The van der Waals surface area contributed by atoms with E-state index < -0.39 is 25.8 Å². The molecule has 0 aliphatic heterocycles. The minimum absolute atomic E-state index is 0.0735. The number of unbranched alkanes of at least 4 members (excludes halogenated alkanes) is 30. The zero-order chi connectivity index (χ0) is 83.3. The van der Waals surface area contributed by atoms with Gasteiger partial charge in [0.15, 0.2) is 0 Å². The Bertz CT molecular complexity index is 3400. The maximum atomic E-state index is 7.27. The minimum Gasteiger partial charge on any atom is -0.418 e. The van der Waals surface area contributed by atoms with Crippen molar-refractivity contribution in [3.8, 4) is 34.5 Å². The lowest BCUT2D eigenvalue weighted by Gasteiger charge is -2.33. The van der Waals surface area contributed by atoms with E-state index >= 15 is 0 Å². The number of hydrogen-bond donors (Lipinski definition) is 0. The van der Waals surface area contributed by atoms with Gasteiger partial charge in [-0.05, 0) is 212 Å². The van der Waals surface area contributed by atoms with Crippen molar-refractivity contribution in [1.29, 1.82) is 0 Å². The van der Waals surface area contributed by atoms with Gasteiger partial charge >= 0.3 is 25.8 Å². The summed E-state index contributed by atoms with van der Waals surface area (Å²) in [5, 5.41) is 0. The van der Waals surface area contributed by atoms with Crippen molar-refractivity contribution >= 4 is 25.8 Å². The van der Waals surface area contributed by atoms with Crippen LogP contribution in [0.15, 0.2) is 109 Å². The smallest absolute Gasteiger partial charge is 0.418 e. The molecule has 4 atom stereocenters. The van der Waals surface area contributed by atoms with E-state index in [1.165, 1.54) is 232 Å². The normalized spacial score (nSPS) is 13.4. The molecule has 115 heavy (non-hydrogen) atoms. The fraction of sp³-hybridized carbons (Fsp3) is 0.650. The standard InChI is InChI=1S/C103H163O9P3/c1-20-26-32-38-44-50-56-85-59-65-88(66-60-85)107-113(104-71-53-47-41-35-29-23-4)110-98-75-82(8)91(78-95(98)101(11,12)13)81(7)74-94(92-79-96(102(14,15)16)99(76-83(92)9)111-114(105-72-54-48-42-36-30-24-5)108-89-67-61-86(62-68-89)57-51-45-39-33-27-21-2)93-80-97(103(17,18)19)100(77-84(93)10)112-115(106-73-55-49-43-37-31-25-6)109-90-69-63-87(64-70-90)58-52-46-40-34-28-22-3/h59-70,75-81,94H,20-58,71-74H2,1-19H3. The summed E-state index contributed by atoms with van der Waals surface area (Å²) < 4.78 is 62.6. The van der Waals surface area contributed by atoms with Gasteiger partial charge in [-0.25, -0.2) is 0 Å². The van der Waals surface area contributed by atoms with Crippen molar-refractivity contribution in [2.24, 2.45) is 0 Å². The van der Waals surface area contributed by atoms with Crippen molar-refractivity contribution in [3.05, 3.63) is 176 Å². The first-order chi connectivity index (χ1) is 55.4. The molecule has 6 rings (SSSR count). The topological polar surface area (TPSA) is 83.1 Å². The largest absolute Gasteiger partial charge is 0.463 e. The third-order valence-corrected chi connectivity index (χ3v) is 26.1. The van der Waals surface area contributed by atoms with Crippen molar-refractivity contribution in [3.63, 3.8) is 0 Å². The Morgan fingerprint density at radius 2 is 0.496 bits per heavy atom. The van der Waals surface area contributed by atoms with Crippen LogP contribution >= 0.6 is 25.8 Å². The van der Waals surface area contributed by atoms with Gasteiger partial charge in [0.25, 0.3) is 0 Å². The van der Waals surface area contributed by atoms with Crippen LogP contribution in [0.3, 0.4) is 0 Å². The Hall–Kier alpha value is -4.71. The molecular weight excluding hydrogens is 1470 g/mol. The van der Waals surface area contributed by atoms with Gasteiger partial charge in [0, 0.05) is 22.6 Å². The van der Waals surface area contributed by atoms with Crippen LogP contribution < -0.4 is 27.1 Å². The van der Waals surface area contributed by atoms with Gasteiger partial charge in [0.05, 0.1) is 19.8 Å². The molecule has 0 saturated heterocycles. The number of benzene rings is 6. The zero-order valence-electron chi connectivity index (χ0n) is 76.5. The van der Waals surface area contributed by atoms with E-state index in [0.29, 0.717) is 19.8 Å². The van der Waals surface area contributed by atoms with E-state index in [1.54, 1.807) is 0 Å². The van der Waals surface area contributed by atoms with Crippen molar-refractivity contribution in [2.75, 3.05) is 19.8 Å². The van der Waals surface area contributed by atoms with Gasteiger partial charge < -0.3 is 27.1 Å². The van der Waals surface area contributed by atoms with Crippen molar-refractivity contribution in [1.82, 2.24) is 0 Å². The van der Waals surface area contributed by atoms with Crippen molar-refractivity contribution in [2.45, 2.75) is 416 Å². The maximum Gasteiger partial charge on any atom is 0.463 e. The Morgan fingerprint density at radius 1 is 0.270 bits per heavy atom. The Balaban J connectivity index is 1.46. The highest BCUT2D eigenvalue weighted by Gasteiger charge is 2.34. The van der Waals surface area contributed by atoms with Crippen LogP contribution in [0, 0.1) is 20.8 Å². The second-order valence-electron chi connectivity index (χ2n) is 36.6. The molecule has 0 N–H and O–H groups in total. The summed E-state index contributed by atoms with van der Waals surface area (Å²) >= 11 is 0. The fourth-order valence-corrected chi connectivity index (χ4v) is 18.6. The molecular formula is C103H163O9P3. The summed E-state index contributed by atoms with van der Waals surface area (Å²) in [6.07, 6.45) is 48.2. The van der Waals surface area contributed by atoms with E-state index in [-0.39, 0.29) is 28.1 Å². The molecule has 0 aliphatic carbocycles. The van der Waals surface area contributed by atoms with Crippen LogP contribution in [-0.2, 0) is 49.1 Å². The fourth-order valence-electron chi connectivity index (χ4n) is 15.5. The third-order valence-electron chi connectivity index (χ3n) is 22.8. The first-order valence-corrected chi connectivity index (χ1v) is 49.8. The third kappa shape index (κ3) is 37.9. The van der Waals surface area contributed by atoms with Crippen LogP contribution in [-0.4, -0.2) is 19.8 Å². The first-order valence-electron chi connectivity index (χ1n) is 46.5. The molecule has 6 aromatic carbocycles. The monoisotopic (exact) mass is 1640 g/mol. The molecule has 0 aliphatic rings. The van der Waals surface area contributed by atoms with Gasteiger partial charge in [-0.2, -0.15) is 0 Å². The van der Waals surface area contributed by atoms with E-state index in [0.717, 1.165) is 127 Å². The van der Waals surface area contributed by atoms with Crippen LogP contribution in [0.5, 0.6) is 34.5 Å². The molecule has 0 radical (unpaired) electrons. The quantitative estimate of drug-likeness (QED) is 0.0274. The number of rotatable bonds is 62. The van der Waals surface area contributed by atoms with E-state index in [2.05, 4.69) is 241 Å². The number of aryl methyl sites for hydroxylation is 6. The summed E-state index contributed by atoms with van der Waals surface area (Å²) in [6.45, 7) is 45.5. The summed E-state index contributed by atoms with van der Waals surface area (Å²) in [4.78, 5) is 0.